The first kappa shape index (κ1) is 13.9. The summed E-state index contributed by atoms with van der Waals surface area (Å²) in [5, 5.41) is 19.8. The number of nitrogens with two attached hydrogens (primary N) is 1. The quantitative estimate of drug-likeness (QED) is 0.412. The van der Waals surface area contributed by atoms with Gasteiger partial charge in [-0.3, -0.25) is 9.59 Å². The number of amides is 1. The molecule has 0 bridgehead atoms. The van der Waals surface area contributed by atoms with E-state index >= 15 is 0 Å². The Morgan fingerprint density at radius 2 is 2.00 bits per heavy atom. The molecule has 0 heterocycles. The Bertz CT molecular complexity index is 218. The molecule has 0 aliphatic rings. The summed E-state index contributed by atoms with van der Waals surface area (Å²) in [5.41, 5.74) is 5.28. The highest BCUT2D eigenvalue weighted by Crippen LogP contribution is 1.98. The van der Waals surface area contributed by atoms with Gasteiger partial charge >= 0.3 is 5.97 Å². The third-order valence-corrected chi connectivity index (χ3v) is 1.94. The van der Waals surface area contributed by atoms with E-state index in [9.17, 15) is 9.59 Å². The van der Waals surface area contributed by atoms with Crippen LogP contribution in [0.25, 0.3) is 0 Å². The normalized spacial score (nSPS) is 14.3. The molecule has 1 amide bonds. The van der Waals surface area contributed by atoms with Crippen molar-refractivity contribution in [2.24, 2.45) is 5.73 Å². The maximum atomic E-state index is 10.9. The third kappa shape index (κ3) is 6.87. The number of aliphatic carboxylic acids is 1. The van der Waals surface area contributed by atoms with E-state index in [1.807, 2.05) is 0 Å². The van der Waals surface area contributed by atoms with E-state index in [0.29, 0.717) is 25.8 Å². The molecule has 0 saturated carbocycles. The Morgan fingerprint density at radius 1 is 1.40 bits per heavy atom. The zero-order valence-corrected chi connectivity index (χ0v) is 8.77. The van der Waals surface area contributed by atoms with Gasteiger partial charge in [0, 0.05) is 6.54 Å². The maximum Gasteiger partial charge on any atom is 0.320 e. The van der Waals surface area contributed by atoms with Gasteiger partial charge in [0.15, 0.2) is 0 Å². The SMILES string of the molecule is C[C@@H](O)C(=O)NCCCC[C@H](N)C(=O)O. The number of carbonyl (C=O) groups excluding carboxylic acids is 1. The lowest BCUT2D eigenvalue weighted by molar-refractivity contribution is -0.138. The largest absolute Gasteiger partial charge is 0.480 e. The molecule has 88 valence electrons. The van der Waals surface area contributed by atoms with Crippen molar-refractivity contribution in [3.8, 4) is 0 Å². The average Bonchev–Trinajstić information content (AvgIpc) is 2.16. The number of hydrogen-bond donors (Lipinski definition) is 4. The molecular formula is C9H18N2O4. The zero-order valence-electron chi connectivity index (χ0n) is 8.77. The van der Waals surface area contributed by atoms with Crippen molar-refractivity contribution in [3.63, 3.8) is 0 Å². The summed E-state index contributed by atoms with van der Waals surface area (Å²) >= 11 is 0. The number of unbranched alkanes of at least 4 members (excludes halogenated alkanes) is 1. The molecule has 0 aromatic heterocycles. The molecule has 2 atom stereocenters. The first-order valence-corrected chi connectivity index (χ1v) is 4.89. The lowest BCUT2D eigenvalue weighted by atomic mass is 10.1. The third-order valence-electron chi connectivity index (χ3n) is 1.94. The Balaban J connectivity index is 3.40. The summed E-state index contributed by atoms with van der Waals surface area (Å²) in [4.78, 5) is 21.2. The number of rotatable bonds is 7. The number of aliphatic hydroxyl groups excluding tert-OH is 1. The maximum absolute atomic E-state index is 10.9. The van der Waals surface area contributed by atoms with Gasteiger partial charge in [0.2, 0.25) is 5.91 Å². The Labute approximate surface area is 88.5 Å². The van der Waals surface area contributed by atoms with Crippen molar-refractivity contribution in [2.75, 3.05) is 6.54 Å². The average molecular weight is 218 g/mol. The molecular weight excluding hydrogens is 200 g/mol. The highest BCUT2D eigenvalue weighted by molar-refractivity contribution is 5.79. The van der Waals surface area contributed by atoms with Crippen LogP contribution in [-0.2, 0) is 9.59 Å². The van der Waals surface area contributed by atoms with E-state index in [-0.39, 0.29) is 0 Å². The fourth-order valence-electron chi connectivity index (χ4n) is 0.972. The number of carboxylic acids is 1. The Hall–Kier alpha value is -1.14. The molecule has 15 heavy (non-hydrogen) atoms. The summed E-state index contributed by atoms with van der Waals surface area (Å²) in [6, 6.07) is -0.836. The van der Waals surface area contributed by atoms with Crippen molar-refractivity contribution in [3.05, 3.63) is 0 Å². The lowest BCUT2D eigenvalue weighted by Gasteiger charge is -2.08. The minimum atomic E-state index is -1.01. The van der Waals surface area contributed by atoms with Crippen LogP contribution in [0.5, 0.6) is 0 Å². The van der Waals surface area contributed by atoms with E-state index in [0.717, 1.165) is 0 Å². The number of aliphatic hydroxyl groups is 1. The van der Waals surface area contributed by atoms with Gasteiger partial charge < -0.3 is 21.3 Å². The Kier molecular flexibility index (Phi) is 6.64. The summed E-state index contributed by atoms with van der Waals surface area (Å²) in [7, 11) is 0. The van der Waals surface area contributed by atoms with Crippen molar-refractivity contribution in [2.45, 2.75) is 38.3 Å². The van der Waals surface area contributed by atoms with Gasteiger partial charge in [-0.05, 0) is 26.2 Å². The fraction of sp³-hybridized carbons (Fsp3) is 0.778. The van der Waals surface area contributed by atoms with Crippen molar-refractivity contribution < 1.29 is 19.8 Å². The lowest BCUT2D eigenvalue weighted by Crippen LogP contribution is -2.33. The second-order valence-corrected chi connectivity index (χ2v) is 3.41. The first-order valence-electron chi connectivity index (χ1n) is 4.89. The van der Waals surface area contributed by atoms with Gasteiger partial charge in [0.05, 0.1) is 0 Å². The molecule has 0 fully saturated rings. The Morgan fingerprint density at radius 3 is 2.47 bits per heavy atom. The van der Waals surface area contributed by atoms with Crippen molar-refractivity contribution >= 4 is 11.9 Å². The van der Waals surface area contributed by atoms with Crippen LogP contribution in [0.4, 0.5) is 0 Å². The highest BCUT2D eigenvalue weighted by Gasteiger charge is 2.10. The van der Waals surface area contributed by atoms with E-state index in [2.05, 4.69) is 5.32 Å². The molecule has 0 aliphatic heterocycles. The summed E-state index contributed by atoms with van der Waals surface area (Å²) in [6.07, 6.45) is 0.665. The van der Waals surface area contributed by atoms with Crippen molar-refractivity contribution in [1.29, 1.82) is 0 Å². The smallest absolute Gasteiger partial charge is 0.320 e. The topological polar surface area (TPSA) is 113 Å². The van der Waals surface area contributed by atoms with Crippen LogP contribution >= 0.6 is 0 Å². The summed E-state index contributed by atoms with van der Waals surface area (Å²) < 4.78 is 0. The van der Waals surface area contributed by atoms with Crippen LogP contribution in [0.15, 0.2) is 0 Å². The number of carbonyl (C=O) groups is 2. The van der Waals surface area contributed by atoms with Gasteiger partial charge in [-0.2, -0.15) is 0 Å². The van der Waals surface area contributed by atoms with E-state index in [1.165, 1.54) is 6.92 Å². The predicted octanol–water partition coefficient (Wildman–Crippen LogP) is -0.934. The molecule has 6 heteroatoms. The molecule has 0 radical (unpaired) electrons. The van der Waals surface area contributed by atoms with Crippen LogP contribution in [0, 0.1) is 0 Å². The van der Waals surface area contributed by atoms with Gasteiger partial charge in [0.1, 0.15) is 12.1 Å². The predicted molar refractivity (Wildman–Crippen MR) is 54.2 cm³/mol. The molecule has 0 aliphatic carbocycles. The van der Waals surface area contributed by atoms with E-state index < -0.39 is 24.0 Å². The van der Waals surface area contributed by atoms with Gasteiger partial charge in [0.25, 0.3) is 0 Å². The van der Waals surface area contributed by atoms with Crippen LogP contribution in [0.3, 0.4) is 0 Å². The van der Waals surface area contributed by atoms with Gasteiger partial charge in [-0.1, -0.05) is 0 Å². The van der Waals surface area contributed by atoms with Crippen molar-refractivity contribution in [1.82, 2.24) is 5.32 Å². The first-order chi connectivity index (χ1) is 6.95. The molecule has 0 rings (SSSR count). The standard InChI is InChI=1S/C9H18N2O4/c1-6(12)8(13)11-5-3-2-4-7(10)9(14)15/h6-7,12H,2-5,10H2,1H3,(H,11,13)(H,14,15)/t6-,7+/m1/s1. The molecule has 0 unspecified atom stereocenters. The van der Waals surface area contributed by atoms with Crippen LogP contribution in [-0.4, -0.2) is 40.8 Å². The van der Waals surface area contributed by atoms with Crippen LogP contribution in [0.1, 0.15) is 26.2 Å². The summed E-state index contributed by atoms with van der Waals surface area (Å²) in [6.45, 7) is 1.81. The van der Waals surface area contributed by atoms with E-state index in [1.54, 1.807) is 0 Å². The molecule has 6 nitrogen and oxygen atoms in total. The minimum absolute atomic E-state index is 0.389. The number of hydrogen-bond acceptors (Lipinski definition) is 4. The number of carboxylic acid groups (broad SMARTS) is 1. The molecule has 0 aromatic rings. The minimum Gasteiger partial charge on any atom is -0.480 e. The van der Waals surface area contributed by atoms with Gasteiger partial charge in [-0.25, -0.2) is 0 Å². The fourth-order valence-corrected chi connectivity index (χ4v) is 0.972. The van der Waals surface area contributed by atoms with Gasteiger partial charge in [-0.15, -0.1) is 0 Å². The number of nitrogens with one attached hydrogen (secondary N) is 1. The molecule has 5 N–H and O–H groups in total. The molecule has 0 saturated heterocycles. The van der Waals surface area contributed by atoms with E-state index in [4.69, 9.17) is 15.9 Å². The second kappa shape index (κ2) is 7.19. The highest BCUT2D eigenvalue weighted by atomic mass is 16.4. The summed E-state index contributed by atoms with van der Waals surface area (Å²) in [5.74, 6) is -1.43. The molecule has 0 spiro atoms. The molecule has 0 aromatic carbocycles. The van der Waals surface area contributed by atoms with Crippen LogP contribution < -0.4 is 11.1 Å². The van der Waals surface area contributed by atoms with Crippen LogP contribution in [0.2, 0.25) is 0 Å². The second-order valence-electron chi connectivity index (χ2n) is 3.41. The zero-order chi connectivity index (χ0) is 11.8. The monoisotopic (exact) mass is 218 g/mol.